The van der Waals surface area contributed by atoms with Crippen LogP contribution in [-0.2, 0) is 11.2 Å². The van der Waals surface area contributed by atoms with E-state index in [1.807, 2.05) is 36.4 Å². The molecule has 0 atom stereocenters. The molecule has 0 unspecified atom stereocenters. The van der Waals surface area contributed by atoms with Crippen molar-refractivity contribution >= 4 is 40.3 Å². The predicted octanol–water partition coefficient (Wildman–Crippen LogP) is 4.15. The third kappa shape index (κ3) is 4.08. The third-order valence-electron chi connectivity index (χ3n) is 4.07. The molecule has 1 saturated heterocycles. The van der Waals surface area contributed by atoms with Crippen molar-refractivity contribution in [3.05, 3.63) is 64.6 Å². The zero-order chi connectivity index (χ0) is 18.5. The molecule has 134 valence electrons. The number of amides is 1. The van der Waals surface area contributed by atoms with Crippen LogP contribution in [0.25, 0.3) is 6.08 Å². The molecule has 2 aromatic carbocycles. The van der Waals surface area contributed by atoms with Crippen LogP contribution in [0.1, 0.15) is 11.1 Å². The standard InChI is InChI=1S/C20H19NO3S2/c1-23-16-9-8-15(17(13-16)24-2)12-18-19(22)21(20(25)26-18)11-10-14-6-4-3-5-7-14/h3-9,12-13H,10-11H2,1-2H3/b18-12-. The van der Waals surface area contributed by atoms with Gasteiger partial charge in [0.1, 0.15) is 15.8 Å². The Labute approximate surface area is 162 Å². The average Bonchev–Trinajstić information content (AvgIpc) is 2.94. The number of hydrogen-bond donors (Lipinski definition) is 0. The number of thiocarbonyl (C=S) groups is 1. The van der Waals surface area contributed by atoms with Gasteiger partial charge in [-0.25, -0.2) is 0 Å². The molecule has 6 heteroatoms. The van der Waals surface area contributed by atoms with Crippen molar-refractivity contribution in [3.8, 4) is 11.5 Å². The molecule has 0 radical (unpaired) electrons. The quantitative estimate of drug-likeness (QED) is 0.552. The summed E-state index contributed by atoms with van der Waals surface area (Å²) in [5.41, 5.74) is 2.00. The number of carbonyl (C=O) groups is 1. The number of methoxy groups -OCH3 is 2. The number of hydrogen-bond acceptors (Lipinski definition) is 5. The Bertz CT molecular complexity index is 849. The Morgan fingerprint density at radius 2 is 1.88 bits per heavy atom. The lowest BCUT2D eigenvalue weighted by Crippen LogP contribution is -2.30. The fraction of sp³-hybridized carbons (Fsp3) is 0.200. The maximum Gasteiger partial charge on any atom is 0.266 e. The van der Waals surface area contributed by atoms with E-state index in [2.05, 4.69) is 12.1 Å². The molecule has 0 aromatic heterocycles. The molecule has 1 aliphatic rings. The highest BCUT2D eigenvalue weighted by molar-refractivity contribution is 8.26. The lowest BCUT2D eigenvalue weighted by molar-refractivity contribution is -0.122. The highest BCUT2D eigenvalue weighted by Gasteiger charge is 2.31. The van der Waals surface area contributed by atoms with Crippen molar-refractivity contribution < 1.29 is 14.3 Å². The summed E-state index contributed by atoms with van der Waals surface area (Å²) < 4.78 is 11.2. The number of thioether (sulfide) groups is 1. The summed E-state index contributed by atoms with van der Waals surface area (Å²) in [4.78, 5) is 15.0. The van der Waals surface area contributed by atoms with E-state index in [0.717, 1.165) is 12.0 Å². The molecule has 1 heterocycles. The van der Waals surface area contributed by atoms with E-state index in [0.29, 0.717) is 27.3 Å². The molecule has 1 aliphatic heterocycles. The molecule has 3 rings (SSSR count). The van der Waals surface area contributed by atoms with Crippen molar-refractivity contribution in [1.29, 1.82) is 0 Å². The van der Waals surface area contributed by atoms with Crippen LogP contribution in [0.2, 0.25) is 0 Å². The summed E-state index contributed by atoms with van der Waals surface area (Å²) in [6, 6.07) is 15.6. The van der Waals surface area contributed by atoms with E-state index in [1.54, 1.807) is 25.2 Å². The van der Waals surface area contributed by atoms with Gasteiger partial charge in [0.15, 0.2) is 0 Å². The van der Waals surface area contributed by atoms with Gasteiger partial charge in [-0.05, 0) is 30.2 Å². The molecule has 0 saturated carbocycles. The van der Waals surface area contributed by atoms with Crippen molar-refractivity contribution in [2.45, 2.75) is 6.42 Å². The van der Waals surface area contributed by atoms with Gasteiger partial charge in [-0.1, -0.05) is 54.3 Å². The second-order valence-electron chi connectivity index (χ2n) is 5.68. The maximum absolute atomic E-state index is 12.7. The lowest BCUT2D eigenvalue weighted by Gasteiger charge is -2.14. The Morgan fingerprint density at radius 3 is 2.58 bits per heavy atom. The fourth-order valence-electron chi connectivity index (χ4n) is 2.66. The van der Waals surface area contributed by atoms with E-state index < -0.39 is 0 Å². The van der Waals surface area contributed by atoms with E-state index in [-0.39, 0.29) is 5.91 Å². The predicted molar refractivity (Wildman–Crippen MR) is 110 cm³/mol. The fourth-order valence-corrected chi connectivity index (χ4v) is 3.96. The minimum Gasteiger partial charge on any atom is -0.497 e. The summed E-state index contributed by atoms with van der Waals surface area (Å²) >= 11 is 6.73. The number of ether oxygens (including phenoxy) is 2. The Kier molecular flexibility index (Phi) is 5.96. The van der Waals surface area contributed by atoms with Crippen LogP contribution < -0.4 is 9.47 Å². The van der Waals surface area contributed by atoms with Crippen LogP contribution in [0.3, 0.4) is 0 Å². The van der Waals surface area contributed by atoms with Crippen molar-refractivity contribution in [2.75, 3.05) is 20.8 Å². The minimum atomic E-state index is -0.0613. The summed E-state index contributed by atoms with van der Waals surface area (Å²) in [7, 11) is 3.20. The first kappa shape index (κ1) is 18.5. The van der Waals surface area contributed by atoms with Crippen LogP contribution in [0, 0.1) is 0 Å². The van der Waals surface area contributed by atoms with E-state index in [9.17, 15) is 4.79 Å². The molecule has 1 amide bonds. The van der Waals surface area contributed by atoms with E-state index in [4.69, 9.17) is 21.7 Å². The second-order valence-corrected chi connectivity index (χ2v) is 7.35. The highest BCUT2D eigenvalue weighted by Crippen LogP contribution is 2.35. The maximum atomic E-state index is 12.7. The number of benzene rings is 2. The molecule has 1 fully saturated rings. The second kappa shape index (κ2) is 8.38. The van der Waals surface area contributed by atoms with Gasteiger partial charge in [0.25, 0.3) is 5.91 Å². The van der Waals surface area contributed by atoms with Gasteiger partial charge >= 0.3 is 0 Å². The average molecular weight is 386 g/mol. The smallest absolute Gasteiger partial charge is 0.266 e. The largest absolute Gasteiger partial charge is 0.497 e. The van der Waals surface area contributed by atoms with Gasteiger partial charge < -0.3 is 9.47 Å². The molecule has 0 aliphatic carbocycles. The van der Waals surface area contributed by atoms with Gasteiger partial charge in [-0.3, -0.25) is 9.69 Å². The van der Waals surface area contributed by atoms with Crippen LogP contribution >= 0.6 is 24.0 Å². The molecule has 26 heavy (non-hydrogen) atoms. The minimum absolute atomic E-state index is 0.0613. The molecule has 2 aromatic rings. The topological polar surface area (TPSA) is 38.8 Å². The summed E-state index contributed by atoms with van der Waals surface area (Å²) in [5.74, 6) is 1.29. The Hall–Kier alpha value is -2.31. The van der Waals surface area contributed by atoms with Gasteiger partial charge in [0.2, 0.25) is 0 Å². The highest BCUT2D eigenvalue weighted by atomic mass is 32.2. The lowest BCUT2D eigenvalue weighted by atomic mass is 10.1. The normalized spacial score (nSPS) is 15.6. The van der Waals surface area contributed by atoms with E-state index in [1.165, 1.54) is 17.3 Å². The van der Waals surface area contributed by atoms with Crippen molar-refractivity contribution in [3.63, 3.8) is 0 Å². The van der Waals surface area contributed by atoms with Crippen LogP contribution in [0.15, 0.2) is 53.4 Å². The zero-order valence-electron chi connectivity index (χ0n) is 14.6. The summed E-state index contributed by atoms with van der Waals surface area (Å²) in [6.45, 7) is 0.575. The van der Waals surface area contributed by atoms with Crippen LogP contribution in [-0.4, -0.2) is 35.9 Å². The van der Waals surface area contributed by atoms with Gasteiger partial charge in [0, 0.05) is 18.2 Å². The SMILES string of the molecule is COc1ccc(/C=C2\SC(=S)N(CCc3ccccc3)C2=O)c(OC)c1. The van der Waals surface area contributed by atoms with Crippen LogP contribution in [0.5, 0.6) is 11.5 Å². The number of nitrogens with zero attached hydrogens (tertiary/aromatic N) is 1. The number of carbonyl (C=O) groups excluding carboxylic acids is 1. The monoisotopic (exact) mass is 385 g/mol. The van der Waals surface area contributed by atoms with Gasteiger partial charge in [-0.2, -0.15) is 0 Å². The summed E-state index contributed by atoms with van der Waals surface area (Å²) in [6.07, 6.45) is 2.59. The summed E-state index contributed by atoms with van der Waals surface area (Å²) in [5, 5.41) is 0. The van der Waals surface area contributed by atoms with Crippen LogP contribution in [0.4, 0.5) is 0 Å². The first-order chi connectivity index (χ1) is 12.6. The first-order valence-corrected chi connectivity index (χ1v) is 9.36. The Balaban J connectivity index is 1.77. The Morgan fingerprint density at radius 1 is 1.12 bits per heavy atom. The molecule has 0 bridgehead atoms. The van der Waals surface area contributed by atoms with Gasteiger partial charge in [0.05, 0.1) is 19.1 Å². The third-order valence-corrected chi connectivity index (χ3v) is 5.45. The molecular formula is C20H19NO3S2. The zero-order valence-corrected chi connectivity index (χ0v) is 16.2. The van der Waals surface area contributed by atoms with E-state index >= 15 is 0 Å². The van der Waals surface area contributed by atoms with Crippen molar-refractivity contribution in [2.24, 2.45) is 0 Å². The molecule has 4 nitrogen and oxygen atoms in total. The van der Waals surface area contributed by atoms with Crippen molar-refractivity contribution in [1.82, 2.24) is 4.90 Å². The molecule has 0 N–H and O–H groups in total. The molecular weight excluding hydrogens is 366 g/mol. The number of rotatable bonds is 6. The molecule has 0 spiro atoms. The van der Waals surface area contributed by atoms with Gasteiger partial charge in [-0.15, -0.1) is 0 Å². The first-order valence-electron chi connectivity index (χ1n) is 8.13.